The Bertz CT molecular complexity index is 867. The van der Waals surface area contributed by atoms with Crippen molar-refractivity contribution in [1.82, 2.24) is 15.2 Å². The van der Waals surface area contributed by atoms with Crippen LogP contribution < -0.4 is 10.1 Å². The SMILES string of the molecule is COc1cc(-c2ccccc2)ccc1CN1CCNCC1c1cccnc1. The first kappa shape index (κ1) is 17.7. The van der Waals surface area contributed by atoms with Gasteiger partial charge in [0.25, 0.3) is 0 Å². The van der Waals surface area contributed by atoms with Crippen LogP contribution in [-0.4, -0.2) is 36.6 Å². The van der Waals surface area contributed by atoms with Gasteiger partial charge >= 0.3 is 0 Å². The van der Waals surface area contributed by atoms with E-state index in [1.54, 1.807) is 7.11 Å². The summed E-state index contributed by atoms with van der Waals surface area (Å²) in [6.45, 7) is 3.81. The average Bonchev–Trinajstić information content (AvgIpc) is 2.75. The maximum absolute atomic E-state index is 5.74. The van der Waals surface area contributed by atoms with Gasteiger partial charge in [-0.3, -0.25) is 9.88 Å². The van der Waals surface area contributed by atoms with Crippen LogP contribution in [0.15, 0.2) is 73.1 Å². The zero-order valence-electron chi connectivity index (χ0n) is 15.6. The smallest absolute Gasteiger partial charge is 0.123 e. The molecule has 2 heterocycles. The number of piperazine rings is 1. The van der Waals surface area contributed by atoms with Crippen molar-refractivity contribution in [2.45, 2.75) is 12.6 Å². The third kappa shape index (κ3) is 4.02. The minimum absolute atomic E-state index is 0.325. The Balaban J connectivity index is 1.59. The van der Waals surface area contributed by atoms with Gasteiger partial charge in [-0.05, 0) is 28.8 Å². The van der Waals surface area contributed by atoms with E-state index in [4.69, 9.17) is 4.74 Å². The van der Waals surface area contributed by atoms with Gasteiger partial charge < -0.3 is 10.1 Å². The van der Waals surface area contributed by atoms with Crippen molar-refractivity contribution >= 4 is 0 Å². The van der Waals surface area contributed by atoms with Crippen LogP contribution in [0.25, 0.3) is 11.1 Å². The summed E-state index contributed by atoms with van der Waals surface area (Å²) >= 11 is 0. The maximum atomic E-state index is 5.74. The Morgan fingerprint density at radius 2 is 1.96 bits per heavy atom. The predicted octanol–water partition coefficient (Wildman–Crippen LogP) is 3.90. The molecule has 27 heavy (non-hydrogen) atoms. The maximum Gasteiger partial charge on any atom is 0.123 e. The summed E-state index contributed by atoms with van der Waals surface area (Å²) in [6.07, 6.45) is 3.80. The molecule has 1 N–H and O–H groups in total. The minimum Gasteiger partial charge on any atom is -0.496 e. The Hall–Kier alpha value is -2.69. The van der Waals surface area contributed by atoms with E-state index < -0.39 is 0 Å². The standard InChI is InChI=1S/C23H25N3O/c1-27-23-14-19(18-6-3-2-4-7-18)9-10-21(23)17-26-13-12-25-16-22(26)20-8-5-11-24-15-20/h2-11,14-15,22,25H,12-13,16-17H2,1H3. The van der Waals surface area contributed by atoms with E-state index in [0.29, 0.717) is 6.04 Å². The van der Waals surface area contributed by atoms with Crippen molar-refractivity contribution in [2.24, 2.45) is 0 Å². The van der Waals surface area contributed by atoms with E-state index in [1.165, 1.54) is 22.3 Å². The largest absolute Gasteiger partial charge is 0.496 e. The van der Waals surface area contributed by atoms with Crippen LogP contribution in [0, 0.1) is 0 Å². The van der Waals surface area contributed by atoms with Crippen LogP contribution in [0.5, 0.6) is 5.75 Å². The second-order valence-corrected chi connectivity index (χ2v) is 6.87. The predicted molar refractivity (Wildman–Crippen MR) is 109 cm³/mol. The summed E-state index contributed by atoms with van der Waals surface area (Å²) in [4.78, 5) is 6.81. The van der Waals surface area contributed by atoms with Gasteiger partial charge in [0.05, 0.1) is 7.11 Å². The number of ether oxygens (including phenoxy) is 1. The van der Waals surface area contributed by atoms with Gasteiger partial charge in [-0.15, -0.1) is 0 Å². The highest BCUT2D eigenvalue weighted by molar-refractivity contribution is 5.66. The molecule has 0 aliphatic carbocycles. The summed E-state index contributed by atoms with van der Waals surface area (Å²) < 4.78 is 5.74. The molecule has 1 saturated heterocycles. The van der Waals surface area contributed by atoms with Crippen LogP contribution in [0.3, 0.4) is 0 Å². The first-order chi connectivity index (χ1) is 13.3. The molecule has 2 aromatic carbocycles. The van der Waals surface area contributed by atoms with Gasteiger partial charge in [0.15, 0.2) is 0 Å². The number of rotatable bonds is 5. The lowest BCUT2D eigenvalue weighted by Gasteiger charge is -2.36. The van der Waals surface area contributed by atoms with Crippen molar-refractivity contribution in [2.75, 3.05) is 26.7 Å². The van der Waals surface area contributed by atoms with Crippen LogP contribution >= 0.6 is 0 Å². The number of hydrogen-bond acceptors (Lipinski definition) is 4. The van der Waals surface area contributed by atoms with Crippen molar-refractivity contribution in [3.05, 3.63) is 84.2 Å². The Kier molecular flexibility index (Phi) is 5.47. The Morgan fingerprint density at radius 1 is 1.07 bits per heavy atom. The third-order valence-electron chi connectivity index (χ3n) is 5.19. The van der Waals surface area contributed by atoms with E-state index in [9.17, 15) is 0 Å². The molecule has 1 aliphatic heterocycles. The molecule has 1 aromatic heterocycles. The second kappa shape index (κ2) is 8.33. The summed E-state index contributed by atoms with van der Waals surface area (Å²) in [5, 5.41) is 3.51. The molecular weight excluding hydrogens is 334 g/mol. The lowest BCUT2D eigenvalue weighted by atomic mass is 10.0. The molecular formula is C23H25N3O. The number of benzene rings is 2. The number of methoxy groups -OCH3 is 1. The molecule has 4 nitrogen and oxygen atoms in total. The van der Waals surface area contributed by atoms with Crippen molar-refractivity contribution < 1.29 is 4.74 Å². The zero-order valence-corrected chi connectivity index (χ0v) is 15.6. The van der Waals surface area contributed by atoms with Gasteiger partial charge in [0, 0.05) is 50.2 Å². The van der Waals surface area contributed by atoms with Gasteiger partial charge in [-0.25, -0.2) is 0 Å². The topological polar surface area (TPSA) is 37.4 Å². The first-order valence-electron chi connectivity index (χ1n) is 9.42. The van der Waals surface area contributed by atoms with Crippen molar-refractivity contribution in [1.29, 1.82) is 0 Å². The zero-order chi connectivity index (χ0) is 18.5. The number of nitrogens with one attached hydrogen (secondary N) is 1. The van der Waals surface area contributed by atoms with Crippen LogP contribution in [0.1, 0.15) is 17.2 Å². The molecule has 4 rings (SSSR count). The van der Waals surface area contributed by atoms with Crippen LogP contribution in [0.4, 0.5) is 0 Å². The molecule has 0 amide bonds. The molecule has 1 aliphatic rings. The minimum atomic E-state index is 0.325. The number of pyridine rings is 1. The van der Waals surface area contributed by atoms with E-state index in [2.05, 4.69) is 63.7 Å². The van der Waals surface area contributed by atoms with Gasteiger partial charge in [-0.1, -0.05) is 48.5 Å². The average molecular weight is 359 g/mol. The summed E-state index contributed by atoms with van der Waals surface area (Å²) in [5.74, 6) is 0.944. The van der Waals surface area contributed by atoms with Gasteiger partial charge in [-0.2, -0.15) is 0 Å². The lowest BCUT2D eigenvalue weighted by molar-refractivity contribution is 0.152. The van der Waals surface area contributed by atoms with E-state index in [-0.39, 0.29) is 0 Å². The highest BCUT2D eigenvalue weighted by Crippen LogP contribution is 2.30. The van der Waals surface area contributed by atoms with Crippen LogP contribution in [-0.2, 0) is 6.54 Å². The molecule has 1 atom stereocenters. The fourth-order valence-corrected chi connectivity index (χ4v) is 3.74. The highest BCUT2D eigenvalue weighted by atomic mass is 16.5. The monoisotopic (exact) mass is 359 g/mol. The normalized spacial score (nSPS) is 17.6. The van der Waals surface area contributed by atoms with Gasteiger partial charge in [0.2, 0.25) is 0 Å². The molecule has 1 unspecified atom stereocenters. The number of hydrogen-bond donors (Lipinski definition) is 1. The third-order valence-corrected chi connectivity index (χ3v) is 5.19. The van der Waals surface area contributed by atoms with Crippen molar-refractivity contribution in [3.8, 4) is 16.9 Å². The molecule has 0 spiro atoms. The van der Waals surface area contributed by atoms with Gasteiger partial charge in [0.1, 0.15) is 5.75 Å². The summed E-state index contributed by atoms with van der Waals surface area (Å²) in [6, 6.07) is 21.5. The molecule has 1 fully saturated rings. The Labute approximate surface area is 160 Å². The Morgan fingerprint density at radius 3 is 2.74 bits per heavy atom. The number of nitrogens with zero attached hydrogens (tertiary/aromatic N) is 2. The first-order valence-corrected chi connectivity index (χ1v) is 9.42. The molecule has 4 heteroatoms. The van der Waals surface area contributed by atoms with Crippen LogP contribution in [0.2, 0.25) is 0 Å². The fraction of sp³-hybridized carbons (Fsp3) is 0.261. The lowest BCUT2D eigenvalue weighted by Crippen LogP contribution is -2.45. The second-order valence-electron chi connectivity index (χ2n) is 6.87. The number of aromatic nitrogens is 1. The molecule has 138 valence electrons. The molecule has 0 radical (unpaired) electrons. The molecule has 0 bridgehead atoms. The van der Waals surface area contributed by atoms with E-state index in [0.717, 1.165) is 31.9 Å². The fourth-order valence-electron chi connectivity index (χ4n) is 3.74. The quantitative estimate of drug-likeness (QED) is 0.750. The van der Waals surface area contributed by atoms with E-state index >= 15 is 0 Å². The van der Waals surface area contributed by atoms with E-state index in [1.807, 2.05) is 24.5 Å². The summed E-state index contributed by atoms with van der Waals surface area (Å²) in [5.41, 5.74) is 4.86. The molecule has 3 aromatic rings. The summed E-state index contributed by atoms with van der Waals surface area (Å²) in [7, 11) is 1.75. The van der Waals surface area contributed by atoms with Crippen molar-refractivity contribution in [3.63, 3.8) is 0 Å². The highest BCUT2D eigenvalue weighted by Gasteiger charge is 2.24. The molecule has 0 saturated carbocycles.